The zero-order valence-electron chi connectivity index (χ0n) is 43.5. The minimum Gasteiger partial charge on any atom is -0.492 e. The molecule has 0 atom stereocenters. The molecule has 3 fully saturated rings. The van der Waals surface area contributed by atoms with Crippen molar-refractivity contribution in [1.82, 2.24) is 19.7 Å². The first kappa shape index (κ1) is 52.4. The number of rotatable bonds is 8. The third-order valence-electron chi connectivity index (χ3n) is 17.1. The third kappa shape index (κ3) is 10.6. The lowest BCUT2D eigenvalue weighted by atomic mass is 9.74. The van der Waals surface area contributed by atoms with Crippen molar-refractivity contribution in [1.29, 1.82) is 0 Å². The van der Waals surface area contributed by atoms with Gasteiger partial charge in [0.05, 0.1) is 34.5 Å². The Kier molecular flexibility index (Phi) is 15.2. The number of carbonyl (C=O) groups is 4. The lowest BCUT2D eigenvalue weighted by Gasteiger charge is -2.38. The third-order valence-corrected chi connectivity index (χ3v) is 19.4. The van der Waals surface area contributed by atoms with Crippen LogP contribution >= 0.6 is 22.7 Å². The summed E-state index contributed by atoms with van der Waals surface area (Å²) in [7, 11) is 0. The van der Waals surface area contributed by atoms with E-state index in [1.165, 1.54) is 44.9 Å². The topological polar surface area (TPSA) is 197 Å². The maximum atomic E-state index is 12.9. The molecule has 14 nitrogen and oxygen atoms in total. The number of nitrogens with two attached hydrogens (primary N) is 3. The maximum absolute atomic E-state index is 12.9. The molecule has 400 valence electrons. The zero-order chi connectivity index (χ0) is 53.2. The fourth-order valence-electron chi connectivity index (χ4n) is 12.3. The molecule has 3 amide bonds. The van der Waals surface area contributed by atoms with E-state index in [0.717, 1.165) is 135 Å². The van der Waals surface area contributed by atoms with Crippen LogP contribution in [0.1, 0.15) is 123 Å². The molecule has 3 saturated heterocycles. The number of thiophene rings is 2. The number of fused-ring (bicyclic) bond motifs is 7. The van der Waals surface area contributed by atoms with E-state index in [1.807, 2.05) is 63.2 Å². The van der Waals surface area contributed by atoms with Crippen LogP contribution in [0.3, 0.4) is 0 Å². The zero-order valence-corrected chi connectivity index (χ0v) is 45.1. The average Bonchev–Trinajstić information content (AvgIpc) is 4.44. The average molecular weight is 1070 g/mol. The number of carbonyl (C=O) groups excluding carboxylic acids is 4. The Bertz CT molecular complexity index is 3160. The predicted octanol–water partition coefficient (Wildman–Crippen LogP) is 8.35. The largest absolute Gasteiger partial charge is 0.492 e. The van der Waals surface area contributed by atoms with Crippen molar-refractivity contribution < 1.29 is 33.4 Å². The van der Waals surface area contributed by atoms with E-state index in [2.05, 4.69) is 35.3 Å². The molecule has 77 heavy (non-hydrogen) atoms. The normalized spacial score (nSPS) is 18.8. The molecule has 1 aliphatic carbocycles. The molecule has 6 N–H and O–H groups in total. The summed E-state index contributed by atoms with van der Waals surface area (Å²) in [5, 5.41) is 0. The summed E-state index contributed by atoms with van der Waals surface area (Å²) in [4.78, 5) is 62.3. The molecule has 9 heterocycles. The summed E-state index contributed by atoms with van der Waals surface area (Å²) >= 11 is 2.97. The number of piperidine rings is 3. The van der Waals surface area contributed by atoms with Crippen molar-refractivity contribution in [3.8, 4) is 17.2 Å². The summed E-state index contributed by atoms with van der Waals surface area (Å²) in [6.07, 6.45) is 16.8. The first-order valence-electron chi connectivity index (χ1n) is 27.0. The van der Waals surface area contributed by atoms with Gasteiger partial charge in [-0.1, -0.05) is 36.4 Å². The van der Waals surface area contributed by atoms with Crippen molar-refractivity contribution in [2.75, 3.05) is 59.1 Å². The van der Waals surface area contributed by atoms with E-state index < -0.39 is 0 Å². The summed E-state index contributed by atoms with van der Waals surface area (Å²) in [6, 6.07) is 28.1. The Morgan fingerprint density at radius 2 is 1.03 bits per heavy atom. The van der Waals surface area contributed by atoms with Crippen molar-refractivity contribution in [2.45, 2.75) is 93.7 Å². The smallest absolute Gasteiger partial charge is 0.263 e. The van der Waals surface area contributed by atoms with Crippen LogP contribution in [0.4, 0.5) is 0 Å². The highest BCUT2D eigenvalue weighted by atomic mass is 32.1. The Morgan fingerprint density at radius 3 is 1.47 bits per heavy atom. The van der Waals surface area contributed by atoms with E-state index in [-0.39, 0.29) is 34.0 Å². The predicted molar refractivity (Wildman–Crippen MR) is 300 cm³/mol. The Balaban J connectivity index is 0.000000123. The number of aldehydes is 1. The molecule has 7 aliphatic rings. The number of benzene rings is 3. The lowest BCUT2D eigenvalue weighted by Crippen LogP contribution is -2.45. The molecule has 0 radical (unpaired) electrons. The second-order valence-electron chi connectivity index (χ2n) is 21.6. The van der Waals surface area contributed by atoms with E-state index in [0.29, 0.717) is 55.7 Å². The summed E-state index contributed by atoms with van der Waals surface area (Å²) in [6.45, 7) is 8.20. The van der Waals surface area contributed by atoms with Gasteiger partial charge in [0.2, 0.25) is 5.91 Å². The van der Waals surface area contributed by atoms with E-state index in [1.54, 1.807) is 41.9 Å². The van der Waals surface area contributed by atoms with Crippen LogP contribution < -0.4 is 31.4 Å². The number of hydrogen-bond donors (Lipinski definition) is 3. The van der Waals surface area contributed by atoms with Crippen LogP contribution in [0.5, 0.6) is 17.2 Å². The molecule has 3 aromatic carbocycles. The monoisotopic (exact) mass is 1070 g/mol. The van der Waals surface area contributed by atoms with Gasteiger partial charge >= 0.3 is 0 Å². The quantitative estimate of drug-likeness (QED) is 0.0979. The maximum Gasteiger partial charge on any atom is 0.263 e. The van der Waals surface area contributed by atoms with E-state index >= 15 is 0 Å². The SMILES string of the molecule is NCc1ccc2c(c1)C1(CCN(C(=O)/C=C/c3ccncc3)CC1)CO2.NCc1ccc2c(c1)C1(CCN(C(=O)c3cc4c(s3)CCC4)CC1)CO2.NCc1ccc2c(c1)C1(CCN(C(=O)c3ccc(C=O)s3)CC1)CO2. The molecule has 13 rings (SSSR count). The molecule has 6 aromatic rings. The minimum absolute atomic E-state index is 0.0132. The number of aryl methyl sites for hydroxylation is 2. The van der Waals surface area contributed by atoms with Crippen LogP contribution in [0, 0.1) is 0 Å². The lowest BCUT2D eigenvalue weighted by molar-refractivity contribution is -0.127. The minimum atomic E-state index is -0.0132. The molecule has 0 bridgehead atoms. The van der Waals surface area contributed by atoms with Gasteiger partial charge in [0.1, 0.15) is 17.2 Å². The van der Waals surface area contributed by atoms with Gasteiger partial charge in [-0.15, -0.1) is 22.7 Å². The number of amides is 3. The Labute approximate surface area is 458 Å². The first-order valence-corrected chi connectivity index (χ1v) is 28.7. The number of nitrogens with zero attached hydrogens (tertiary/aromatic N) is 4. The molecule has 3 aromatic heterocycles. The summed E-state index contributed by atoms with van der Waals surface area (Å²) in [5.74, 6) is 3.21. The van der Waals surface area contributed by atoms with Gasteiger partial charge in [0, 0.05) is 115 Å². The van der Waals surface area contributed by atoms with Gasteiger partial charge in [-0.05, 0) is 140 Å². The molecule has 0 saturated carbocycles. The van der Waals surface area contributed by atoms with Crippen molar-refractivity contribution in [3.05, 3.63) is 167 Å². The number of hydrogen-bond acceptors (Lipinski definition) is 13. The fourth-order valence-corrected chi connectivity index (χ4v) is 14.3. The second-order valence-corrected chi connectivity index (χ2v) is 23.8. The molecule has 16 heteroatoms. The van der Waals surface area contributed by atoms with E-state index in [9.17, 15) is 19.2 Å². The highest BCUT2D eigenvalue weighted by Gasteiger charge is 2.46. The summed E-state index contributed by atoms with van der Waals surface area (Å²) in [5.41, 5.74) is 27.0. The molecule has 0 unspecified atom stereocenters. The van der Waals surface area contributed by atoms with Gasteiger partial charge in [-0.25, -0.2) is 0 Å². The van der Waals surface area contributed by atoms with Gasteiger partial charge in [0.25, 0.3) is 11.8 Å². The van der Waals surface area contributed by atoms with E-state index in [4.69, 9.17) is 31.4 Å². The van der Waals surface area contributed by atoms with Crippen LogP contribution in [-0.2, 0) is 53.5 Å². The Hall–Kier alpha value is -6.69. The van der Waals surface area contributed by atoms with Crippen molar-refractivity contribution in [3.63, 3.8) is 0 Å². The first-order chi connectivity index (χ1) is 37.5. The van der Waals surface area contributed by atoms with Gasteiger partial charge < -0.3 is 46.1 Å². The van der Waals surface area contributed by atoms with Crippen molar-refractivity contribution in [2.24, 2.45) is 17.2 Å². The number of pyridine rings is 1. The van der Waals surface area contributed by atoms with Crippen LogP contribution in [0.25, 0.3) is 6.08 Å². The standard InChI is InChI=1S/C21H23N3O2.C21H24N2O2S.C19H20N2O3S/c22-14-17-1-3-19-18(13-17)21(15-26-19)7-11-24(12-8-21)20(25)4-2-16-5-9-23-10-6-16;22-12-14-4-5-17-16(10-14)21(13-25-17)6-8-23(9-7-21)20(24)19-11-15-2-1-3-18(15)26-19;20-10-13-1-3-16-15(9-13)19(12-24-16)5-7-21(8-6-19)18(23)17-4-2-14(11-22)25-17/h1-6,9-10,13H,7-8,11-12,14-15,22H2;4-5,10-11H,1-3,6-9,12-13,22H2;1-4,9,11H,5-8,10,12,20H2/b4-2+;;. The highest BCUT2D eigenvalue weighted by Crippen LogP contribution is 2.49. The van der Waals surface area contributed by atoms with Crippen LogP contribution in [0.2, 0.25) is 0 Å². The van der Waals surface area contributed by atoms with Gasteiger partial charge in [0.15, 0.2) is 6.29 Å². The second kappa shape index (κ2) is 22.3. The number of aromatic nitrogens is 1. The number of likely N-dealkylation sites (tertiary alicyclic amines) is 3. The fraction of sp³-hybridized carbons (Fsp3) is 0.393. The highest BCUT2D eigenvalue weighted by molar-refractivity contribution is 7.15. The Morgan fingerprint density at radius 1 is 0.558 bits per heavy atom. The molecule has 6 aliphatic heterocycles. The van der Waals surface area contributed by atoms with Gasteiger partial charge in [-0.2, -0.15) is 0 Å². The molecular formula is C61H67N7O7S2. The summed E-state index contributed by atoms with van der Waals surface area (Å²) < 4.78 is 17.8. The van der Waals surface area contributed by atoms with Crippen LogP contribution in [0.15, 0.2) is 103 Å². The van der Waals surface area contributed by atoms with Gasteiger partial charge in [-0.3, -0.25) is 24.2 Å². The number of ether oxygens (including phenoxy) is 3. The molecule has 3 spiro atoms. The van der Waals surface area contributed by atoms with Crippen molar-refractivity contribution >= 4 is 52.8 Å². The molecular weight excluding hydrogens is 1010 g/mol. The van der Waals surface area contributed by atoms with Crippen LogP contribution in [-0.4, -0.2) is 103 Å².